The molecule has 1 atom stereocenters. The Hall–Kier alpha value is -2.96. The fourth-order valence-electron chi connectivity index (χ4n) is 4.34. The van der Waals surface area contributed by atoms with Crippen molar-refractivity contribution in [3.63, 3.8) is 0 Å². The van der Waals surface area contributed by atoms with Gasteiger partial charge in [-0.2, -0.15) is 0 Å². The van der Waals surface area contributed by atoms with E-state index in [2.05, 4.69) is 9.97 Å². The van der Waals surface area contributed by atoms with E-state index < -0.39 is 0 Å². The molecule has 4 rings (SSSR count). The average molecular weight is 423 g/mol. The van der Waals surface area contributed by atoms with Gasteiger partial charge in [-0.1, -0.05) is 12.1 Å². The number of ether oxygens (including phenoxy) is 1. The van der Waals surface area contributed by atoms with Crippen LogP contribution < -0.4 is 4.74 Å². The Balaban J connectivity index is 1.36. The lowest BCUT2D eigenvalue weighted by Gasteiger charge is -2.18. The topological polar surface area (TPSA) is 75.6 Å². The van der Waals surface area contributed by atoms with Crippen molar-refractivity contribution >= 4 is 11.8 Å². The molecular formula is C24H30N4O3. The number of benzene rings is 1. The van der Waals surface area contributed by atoms with Gasteiger partial charge in [0.05, 0.1) is 24.3 Å². The second-order valence-corrected chi connectivity index (χ2v) is 8.31. The van der Waals surface area contributed by atoms with Gasteiger partial charge in [0.1, 0.15) is 11.6 Å². The van der Waals surface area contributed by atoms with Crippen molar-refractivity contribution in [1.82, 2.24) is 19.8 Å². The molecule has 0 radical (unpaired) electrons. The molecule has 2 fully saturated rings. The summed E-state index contributed by atoms with van der Waals surface area (Å²) in [4.78, 5) is 38.3. The molecule has 0 aliphatic carbocycles. The molecule has 164 valence electrons. The predicted molar refractivity (Wildman–Crippen MR) is 117 cm³/mol. The Morgan fingerprint density at radius 1 is 1.10 bits per heavy atom. The minimum Gasteiger partial charge on any atom is -0.494 e. The summed E-state index contributed by atoms with van der Waals surface area (Å²) in [5, 5.41) is 0. The molecule has 2 saturated heterocycles. The van der Waals surface area contributed by atoms with Crippen molar-refractivity contribution in [1.29, 1.82) is 0 Å². The molecule has 1 aromatic carbocycles. The highest BCUT2D eigenvalue weighted by atomic mass is 16.5. The minimum absolute atomic E-state index is 0.0279. The quantitative estimate of drug-likeness (QED) is 0.715. The molecular weight excluding hydrogens is 392 g/mol. The van der Waals surface area contributed by atoms with Crippen LogP contribution in [0.2, 0.25) is 0 Å². The molecule has 1 aromatic heterocycles. The van der Waals surface area contributed by atoms with Gasteiger partial charge in [0.2, 0.25) is 5.91 Å². The maximum absolute atomic E-state index is 12.8. The third-order valence-corrected chi connectivity index (χ3v) is 6.12. The Labute approximate surface area is 183 Å². The van der Waals surface area contributed by atoms with Gasteiger partial charge in [0.25, 0.3) is 5.91 Å². The molecule has 2 aliphatic heterocycles. The van der Waals surface area contributed by atoms with Crippen LogP contribution in [0.25, 0.3) is 0 Å². The molecule has 0 bridgehead atoms. The standard InChI is InChI=1S/C24H30N4O3/c1-3-31-20-8-6-18(7-9-20)14-22(29)28-13-10-19(16-28)23-25-15-21(17(2)26-23)24(30)27-11-4-5-12-27/h6-9,15,19H,3-5,10-14,16H2,1-2H3/t19-/m1/s1. The number of aromatic nitrogens is 2. The monoisotopic (exact) mass is 422 g/mol. The fraction of sp³-hybridized carbons (Fsp3) is 0.500. The molecule has 2 aliphatic rings. The van der Waals surface area contributed by atoms with E-state index in [0.717, 1.165) is 55.2 Å². The van der Waals surface area contributed by atoms with Crippen molar-refractivity contribution < 1.29 is 14.3 Å². The second kappa shape index (κ2) is 9.45. The number of rotatable bonds is 6. The zero-order chi connectivity index (χ0) is 21.8. The lowest BCUT2D eigenvalue weighted by atomic mass is 10.1. The number of carbonyl (C=O) groups excluding carboxylic acids is 2. The smallest absolute Gasteiger partial charge is 0.257 e. The number of nitrogens with zero attached hydrogens (tertiary/aromatic N) is 4. The molecule has 0 saturated carbocycles. The highest BCUT2D eigenvalue weighted by Gasteiger charge is 2.30. The van der Waals surface area contributed by atoms with Crippen LogP contribution in [0.3, 0.4) is 0 Å². The second-order valence-electron chi connectivity index (χ2n) is 8.31. The molecule has 0 unspecified atom stereocenters. The lowest BCUT2D eigenvalue weighted by Crippen LogP contribution is -2.30. The van der Waals surface area contributed by atoms with E-state index in [1.54, 1.807) is 6.20 Å². The van der Waals surface area contributed by atoms with Crippen LogP contribution >= 0.6 is 0 Å². The van der Waals surface area contributed by atoms with Gasteiger partial charge in [-0.05, 0) is 50.8 Å². The maximum atomic E-state index is 12.8. The Bertz CT molecular complexity index is 938. The van der Waals surface area contributed by atoms with Crippen molar-refractivity contribution in [3.8, 4) is 5.75 Å². The normalized spacial score (nSPS) is 18.5. The van der Waals surface area contributed by atoms with Crippen molar-refractivity contribution in [2.24, 2.45) is 0 Å². The number of amides is 2. The number of hydrogen-bond acceptors (Lipinski definition) is 5. The van der Waals surface area contributed by atoms with Gasteiger partial charge in [-0.3, -0.25) is 9.59 Å². The highest BCUT2D eigenvalue weighted by molar-refractivity contribution is 5.95. The fourth-order valence-corrected chi connectivity index (χ4v) is 4.34. The Kier molecular flexibility index (Phi) is 6.49. The number of carbonyl (C=O) groups is 2. The van der Waals surface area contributed by atoms with E-state index >= 15 is 0 Å². The number of likely N-dealkylation sites (tertiary alicyclic amines) is 2. The third kappa shape index (κ3) is 4.86. The molecule has 31 heavy (non-hydrogen) atoms. The first kappa shape index (κ1) is 21.3. The van der Waals surface area contributed by atoms with E-state index in [0.29, 0.717) is 31.7 Å². The van der Waals surface area contributed by atoms with Gasteiger partial charge < -0.3 is 14.5 Å². The average Bonchev–Trinajstić information content (AvgIpc) is 3.47. The van der Waals surface area contributed by atoms with E-state index in [1.807, 2.05) is 47.9 Å². The van der Waals surface area contributed by atoms with Gasteiger partial charge in [-0.15, -0.1) is 0 Å². The first-order chi connectivity index (χ1) is 15.0. The van der Waals surface area contributed by atoms with Crippen LogP contribution in [0, 0.1) is 6.92 Å². The predicted octanol–water partition coefficient (Wildman–Crippen LogP) is 2.98. The Morgan fingerprint density at radius 2 is 1.84 bits per heavy atom. The number of hydrogen-bond donors (Lipinski definition) is 0. The number of aryl methyl sites for hydroxylation is 1. The first-order valence-corrected chi connectivity index (χ1v) is 11.2. The van der Waals surface area contributed by atoms with Crippen molar-refractivity contribution in [2.75, 3.05) is 32.8 Å². The minimum atomic E-state index is 0.0279. The summed E-state index contributed by atoms with van der Waals surface area (Å²) >= 11 is 0. The van der Waals surface area contributed by atoms with E-state index in [-0.39, 0.29) is 17.7 Å². The van der Waals surface area contributed by atoms with Gasteiger partial charge >= 0.3 is 0 Å². The summed E-state index contributed by atoms with van der Waals surface area (Å²) < 4.78 is 5.46. The maximum Gasteiger partial charge on any atom is 0.257 e. The van der Waals surface area contributed by atoms with Crippen molar-refractivity contribution in [3.05, 3.63) is 53.1 Å². The van der Waals surface area contributed by atoms with Crippen LogP contribution in [-0.2, 0) is 11.2 Å². The summed E-state index contributed by atoms with van der Waals surface area (Å²) in [5.74, 6) is 1.80. The molecule has 7 nitrogen and oxygen atoms in total. The van der Waals surface area contributed by atoms with Crippen LogP contribution in [0.1, 0.15) is 59.5 Å². The highest BCUT2D eigenvalue weighted by Crippen LogP contribution is 2.26. The summed E-state index contributed by atoms with van der Waals surface area (Å²) in [5.41, 5.74) is 2.29. The zero-order valence-electron chi connectivity index (χ0n) is 18.3. The summed E-state index contributed by atoms with van der Waals surface area (Å²) in [6.07, 6.45) is 5.01. The molecule has 7 heteroatoms. The summed E-state index contributed by atoms with van der Waals surface area (Å²) in [6, 6.07) is 7.69. The van der Waals surface area contributed by atoms with Crippen LogP contribution in [-0.4, -0.2) is 64.4 Å². The van der Waals surface area contributed by atoms with Gasteiger partial charge in [0, 0.05) is 38.3 Å². The zero-order valence-corrected chi connectivity index (χ0v) is 18.3. The summed E-state index contributed by atoms with van der Waals surface area (Å²) in [6.45, 7) is 7.40. The van der Waals surface area contributed by atoms with Crippen LogP contribution in [0.5, 0.6) is 5.75 Å². The third-order valence-electron chi connectivity index (χ3n) is 6.12. The van der Waals surface area contributed by atoms with Crippen LogP contribution in [0.4, 0.5) is 0 Å². The molecule has 0 spiro atoms. The SMILES string of the molecule is CCOc1ccc(CC(=O)N2CC[C@@H](c3ncc(C(=O)N4CCCC4)c(C)n3)C2)cc1. The first-order valence-electron chi connectivity index (χ1n) is 11.2. The molecule has 2 aromatic rings. The molecule has 3 heterocycles. The summed E-state index contributed by atoms with van der Waals surface area (Å²) in [7, 11) is 0. The van der Waals surface area contributed by atoms with Crippen molar-refractivity contribution in [2.45, 2.75) is 45.4 Å². The van der Waals surface area contributed by atoms with Crippen LogP contribution in [0.15, 0.2) is 30.5 Å². The lowest BCUT2D eigenvalue weighted by molar-refractivity contribution is -0.129. The molecule has 0 N–H and O–H groups in total. The largest absolute Gasteiger partial charge is 0.494 e. The van der Waals surface area contributed by atoms with Gasteiger partial charge in [0.15, 0.2) is 0 Å². The van der Waals surface area contributed by atoms with E-state index in [1.165, 1.54) is 0 Å². The van der Waals surface area contributed by atoms with E-state index in [9.17, 15) is 9.59 Å². The van der Waals surface area contributed by atoms with E-state index in [4.69, 9.17) is 4.74 Å². The van der Waals surface area contributed by atoms with Gasteiger partial charge in [-0.25, -0.2) is 9.97 Å². The Morgan fingerprint density at radius 3 is 2.52 bits per heavy atom. The molecule has 2 amide bonds.